The molecule has 1 aliphatic heterocycles. The standard InChI is InChI=1S/C14H20N2O4S.BrH/c15-14(17)16-7-8-20-10-13(16)6-9-21(18,19)11-12-4-2-1-3-5-12;/h1-5,13H,6-11H2,(H2,15,17);1H. The van der Waals surface area contributed by atoms with Gasteiger partial charge in [0.15, 0.2) is 9.84 Å². The first-order valence-electron chi connectivity index (χ1n) is 6.86. The summed E-state index contributed by atoms with van der Waals surface area (Å²) in [4.78, 5) is 12.8. The van der Waals surface area contributed by atoms with Gasteiger partial charge in [-0.15, -0.1) is 17.0 Å². The van der Waals surface area contributed by atoms with Crippen molar-refractivity contribution in [3.8, 4) is 0 Å². The van der Waals surface area contributed by atoms with Crippen LogP contribution in [-0.2, 0) is 20.3 Å². The quantitative estimate of drug-likeness (QED) is 0.818. The number of carbonyl (C=O) groups excluding carboxylic acids is 1. The van der Waals surface area contributed by atoms with E-state index in [4.69, 9.17) is 10.5 Å². The zero-order valence-electron chi connectivity index (χ0n) is 12.2. The molecule has 124 valence electrons. The highest BCUT2D eigenvalue weighted by atomic mass is 79.9. The monoisotopic (exact) mass is 392 g/mol. The van der Waals surface area contributed by atoms with Gasteiger partial charge in [0.05, 0.1) is 30.8 Å². The predicted molar refractivity (Wildman–Crippen MR) is 89.8 cm³/mol. The summed E-state index contributed by atoms with van der Waals surface area (Å²) in [6.07, 6.45) is 0.345. The van der Waals surface area contributed by atoms with Crippen molar-refractivity contribution < 1.29 is 17.9 Å². The topological polar surface area (TPSA) is 89.7 Å². The molecule has 0 radical (unpaired) electrons. The lowest BCUT2D eigenvalue weighted by Gasteiger charge is -2.34. The summed E-state index contributed by atoms with van der Waals surface area (Å²) in [5.74, 6) is 0.0255. The number of carbonyl (C=O) groups is 1. The minimum atomic E-state index is -3.22. The molecule has 8 heteroatoms. The van der Waals surface area contributed by atoms with Crippen molar-refractivity contribution in [2.45, 2.75) is 18.2 Å². The smallest absolute Gasteiger partial charge is 0.315 e. The van der Waals surface area contributed by atoms with Crippen LogP contribution in [0.5, 0.6) is 0 Å². The second kappa shape index (κ2) is 8.50. The number of primary amides is 1. The lowest BCUT2D eigenvalue weighted by atomic mass is 10.2. The number of ether oxygens (including phenoxy) is 1. The fourth-order valence-corrected chi connectivity index (χ4v) is 3.88. The van der Waals surface area contributed by atoms with E-state index in [0.717, 1.165) is 5.56 Å². The van der Waals surface area contributed by atoms with Crippen LogP contribution in [0.15, 0.2) is 30.3 Å². The van der Waals surface area contributed by atoms with Crippen molar-refractivity contribution in [2.24, 2.45) is 5.73 Å². The van der Waals surface area contributed by atoms with Crippen molar-refractivity contribution >= 4 is 32.8 Å². The van der Waals surface area contributed by atoms with E-state index in [1.54, 1.807) is 12.1 Å². The third-order valence-corrected chi connectivity index (χ3v) is 5.13. The molecule has 1 aromatic carbocycles. The molecule has 0 bridgehead atoms. The first-order valence-corrected chi connectivity index (χ1v) is 8.68. The summed E-state index contributed by atoms with van der Waals surface area (Å²) >= 11 is 0. The molecule has 1 fully saturated rings. The number of nitrogens with zero attached hydrogens (tertiary/aromatic N) is 1. The van der Waals surface area contributed by atoms with Crippen molar-refractivity contribution in [1.29, 1.82) is 0 Å². The number of rotatable bonds is 5. The van der Waals surface area contributed by atoms with Gasteiger partial charge in [0.1, 0.15) is 0 Å². The number of nitrogens with two attached hydrogens (primary N) is 1. The molecule has 0 aromatic heterocycles. The fraction of sp³-hybridized carbons (Fsp3) is 0.500. The zero-order chi connectivity index (χ0) is 15.3. The van der Waals surface area contributed by atoms with Gasteiger partial charge in [0, 0.05) is 6.54 Å². The molecule has 2 N–H and O–H groups in total. The van der Waals surface area contributed by atoms with E-state index in [2.05, 4.69) is 0 Å². The van der Waals surface area contributed by atoms with Gasteiger partial charge in [0.2, 0.25) is 0 Å². The molecule has 22 heavy (non-hydrogen) atoms. The highest BCUT2D eigenvalue weighted by molar-refractivity contribution is 8.93. The molecule has 1 heterocycles. The number of sulfone groups is 1. The number of benzene rings is 1. The first kappa shape index (κ1) is 18.9. The lowest BCUT2D eigenvalue weighted by Crippen LogP contribution is -2.51. The van der Waals surface area contributed by atoms with Crippen LogP contribution in [0.4, 0.5) is 4.79 Å². The maximum absolute atomic E-state index is 12.1. The predicted octanol–water partition coefficient (Wildman–Crippen LogP) is 1.35. The summed E-state index contributed by atoms with van der Waals surface area (Å²) in [5.41, 5.74) is 6.07. The zero-order valence-corrected chi connectivity index (χ0v) is 14.7. The second-order valence-electron chi connectivity index (χ2n) is 5.13. The van der Waals surface area contributed by atoms with E-state index in [9.17, 15) is 13.2 Å². The molecule has 1 aromatic rings. The van der Waals surface area contributed by atoms with Crippen LogP contribution in [-0.4, -0.2) is 50.9 Å². The third-order valence-electron chi connectivity index (χ3n) is 3.50. The molecule has 2 rings (SSSR count). The average Bonchev–Trinajstić information content (AvgIpc) is 2.46. The van der Waals surface area contributed by atoms with Crippen LogP contribution in [0.1, 0.15) is 12.0 Å². The number of hydrogen-bond acceptors (Lipinski definition) is 4. The van der Waals surface area contributed by atoms with Gasteiger partial charge in [-0.1, -0.05) is 30.3 Å². The van der Waals surface area contributed by atoms with E-state index < -0.39 is 15.9 Å². The summed E-state index contributed by atoms with van der Waals surface area (Å²) in [7, 11) is -3.22. The number of hydrogen-bond donors (Lipinski definition) is 1. The second-order valence-corrected chi connectivity index (χ2v) is 7.31. The minimum Gasteiger partial charge on any atom is -0.377 e. The highest BCUT2D eigenvalue weighted by Gasteiger charge is 2.27. The normalized spacial score (nSPS) is 18.5. The van der Waals surface area contributed by atoms with Gasteiger partial charge >= 0.3 is 6.03 Å². The molecule has 0 spiro atoms. The van der Waals surface area contributed by atoms with E-state index in [-0.39, 0.29) is 34.5 Å². The van der Waals surface area contributed by atoms with Crippen molar-refractivity contribution in [3.05, 3.63) is 35.9 Å². The Morgan fingerprint density at radius 1 is 1.32 bits per heavy atom. The molecule has 1 atom stereocenters. The van der Waals surface area contributed by atoms with Gasteiger partial charge in [-0.3, -0.25) is 0 Å². The number of halogens is 1. The van der Waals surface area contributed by atoms with Crippen LogP contribution >= 0.6 is 17.0 Å². The van der Waals surface area contributed by atoms with E-state index in [1.165, 1.54) is 4.90 Å². The van der Waals surface area contributed by atoms with Gasteiger partial charge in [-0.05, 0) is 12.0 Å². The maximum atomic E-state index is 12.1. The Hall–Kier alpha value is -1.12. The summed E-state index contributed by atoms with van der Waals surface area (Å²) in [6, 6.07) is 8.27. The molecule has 6 nitrogen and oxygen atoms in total. The van der Waals surface area contributed by atoms with E-state index >= 15 is 0 Å². The van der Waals surface area contributed by atoms with Gasteiger partial charge < -0.3 is 15.4 Å². The van der Waals surface area contributed by atoms with Crippen molar-refractivity contribution in [3.63, 3.8) is 0 Å². The van der Waals surface area contributed by atoms with Gasteiger partial charge in [-0.25, -0.2) is 13.2 Å². The molecule has 0 aliphatic carbocycles. The Labute approximate surface area is 141 Å². The Kier molecular flexibility index (Phi) is 7.31. The number of morpholine rings is 1. The number of urea groups is 1. The van der Waals surface area contributed by atoms with Crippen LogP contribution < -0.4 is 5.73 Å². The van der Waals surface area contributed by atoms with E-state index in [1.807, 2.05) is 18.2 Å². The van der Waals surface area contributed by atoms with Crippen molar-refractivity contribution in [1.82, 2.24) is 4.90 Å². The summed E-state index contributed by atoms with van der Waals surface area (Å²) in [6.45, 7) is 1.19. The molecular weight excluding hydrogens is 372 g/mol. The Morgan fingerprint density at radius 3 is 2.64 bits per heavy atom. The number of amides is 2. The molecule has 1 unspecified atom stereocenters. The maximum Gasteiger partial charge on any atom is 0.315 e. The molecule has 1 aliphatic rings. The molecule has 0 saturated carbocycles. The fourth-order valence-electron chi connectivity index (χ4n) is 2.40. The highest BCUT2D eigenvalue weighted by Crippen LogP contribution is 2.14. The van der Waals surface area contributed by atoms with Crippen molar-refractivity contribution in [2.75, 3.05) is 25.5 Å². The van der Waals surface area contributed by atoms with Crippen LogP contribution in [0.2, 0.25) is 0 Å². The Balaban J connectivity index is 0.00000242. The Bertz CT molecular complexity index is 580. The lowest BCUT2D eigenvalue weighted by molar-refractivity contribution is 0.0136. The SMILES string of the molecule is Br.NC(=O)N1CCOCC1CCS(=O)(=O)Cc1ccccc1. The van der Waals surface area contributed by atoms with Gasteiger partial charge in [-0.2, -0.15) is 0 Å². The molecule has 1 saturated heterocycles. The van der Waals surface area contributed by atoms with Crippen LogP contribution in [0, 0.1) is 0 Å². The van der Waals surface area contributed by atoms with Crippen LogP contribution in [0.3, 0.4) is 0 Å². The molecular formula is C14H21BrN2O4S. The summed E-state index contributed by atoms with van der Waals surface area (Å²) < 4.78 is 29.6. The largest absolute Gasteiger partial charge is 0.377 e. The van der Waals surface area contributed by atoms with Gasteiger partial charge in [0.25, 0.3) is 0 Å². The minimum absolute atomic E-state index is 0. The molecule has 2 amide bonds. The van der Waals surface area contributed by atoms with Crippen LogP contribution in [0.25, 0.3) is 0 Å². The average molecular weight is 393 g/mol. The first-order chi connectivity index (χ1) is 9.98. The summed E-state index contributed by atoms with van der Waals surface area (Å²) in [5, 5.41) is 0. The third kappa shape index (κ3) is 5.58. The van der Waals surface area contributed by atoms with E-state index in [0.29, 0.717) is 26.2 Å². The Morgan fingerprint density at radius 2 is 2.00 bits per heavy atom.